The van der Waals surface area contributed by atoms with Crippen LogP contribution in [0.3, 0.4) is 0 Å². The van der Waals surface area contributed by atoms with Crippen molar-refractivity contribution < 1.29 is 8.91 Å². The molecule has 0 aliphatic heterocycles. The third-order valence-corrected chi connectivity index (χ3v) is 3.77. The first kappa shape index (κ1) is 15.8. The van der Waals surface area contributed by atoms with Crippen molar-refractivity contribution in [2.45, 2.75) is 6.54 Å². The molecule has 0 N–H and O–H groups in total. The summed E-state index contributed by atoms with van der Waals surface area (Å²) in [6, 6.07) is 9.56. The molecule has 0 bridgehead atoms. The normalized spacial score (nSPS) is 10.8. The SMILES string of the molecule is O=c1c(-c2nc(-c3cnccn3)no2)cccn1Cc1ccccc1F. The molecule has 0 unspecified atom stereocenters. The Morgan fingerprint density at radius 1 is 1.12 bits per heavy atom. The summed E-state index contributed by atoms with van der Waals surface area (Å²) in [4.78, 5) is 25.0. The van der Waals surface area contributed by atoms with E-state index in [0.717, 1.165) is 0 Å². The smallest absolute Gasteiger partial charge is 0.263 e. The van der Waals surface area contributed by atoms with Gasteiger partial charge in [-0.15, -0.1) is 0 Å². The second-order valence-electron chi connectivity index (χ2n) is 5.46. The van der Waals surface area contributed by atoms with Crippen molar-refractivity contribution in [2.75, 3.05) is 0 Å². The topological polar surface area (TPSA) is 86.7 Å². The van der Waals surface area contributed by atoms with E-state index in [1.807, 2.05) is 0 Å². The first-order valence-electron chi connectivity index (χ1n) is 7.76. The molecule has 0 amide bonds. The highest BCUT2D eigenvalue weighted by Gasteiger charge is 2.16. The van der Waals surface area contributed by atoms with E-state index in [1.165, 1.54) is 29.2 Å². The van der Waals surface area contributed by atoms with E-state index >= 15 is 0 Å². The summed E-state index contributed by atoms with van der Waals surface area (Å²) in [7, 11) is 0. The van der Waals surface area contributed by atoms with Crippen LogP contribution >= 0.6 is 0 Å². The van der Waals surface area contributed by atoms with Crippen LogP contribution in [0.4, 0.5) is 4.39 Å². The molecule has 8 heteroatoms. The number of aromatic nitrogens is 5. The summed E-state index contributed by atoms with van der Waals surface area (Å²) in [5.74, 6) is -0.0666. The Morgan fingerprint density at radius 3 is 2.81 bits per heavy atom. The zero-order chi connectivity index (χ0) is 17.9. The average Bonchev–Trinajstić information content (AvgIpc) is 3.16. The van der Waals surface area contributed by atoms with Crippen LogP contribution in [0.1, 0.15) is 5.56 Å². The maximum absolute atomic E-state index is 13.9. The maximum atomic E-state index is 13.9. The minimum Gasteiger partial charge on any atom is -0.333 e. The number of hydrogen-bond donors (Lipinski definition) is 0. The molecule has 0 radical (unpaired) electrons. The molecule has 1 aromatic carbocycles. The zero-order valence-corrected chi connectivity index (χ0v) is 13.4. The van der Waals surface area contributed by atoms with Crippen molar-refractivity contribution in [3.05, 3.63) is 82.9 Å². The second-order valence-corrected chi connectivity index (χ2v) is 5.46. The van der Waals surface area contributed by atoms with Gasteiger partial charge in [0.2, 0.25) is 5.82 Å². The van der Waals surface area contributed by atoms with Gasteiger partial charge in [0.15, 0.2) is 0 Å². The summed E-state index contributed by atoms with van der Waals surface area (Å²) in [5.41, 5.74) is 0.721. The van der Waals surface area contributed by atoms with Crippen molar-refractivity contribution in [2.24, 2.45) is 0 Å². The molecule has 26 heavy (non-hydrogen) atoms. The molecule has 3 aromatic heterocycles. The number of pyridine rings is 1. The Labute approximate surface area is 146 Å². The van der Waals surface area contributed by atoms with Crippen molar-refractivity contribution in [3.8, 4) is 23.0 Å². The molecule has 3 heterocycles. The monoisotopic (exact) mass is 349 g/mol. The van der Waals surface area contributed by atoms with Crippen molar-refractivity contribution >= 4 is 0 Å². The molecule has 0 saturated heterocycles. The number of rotatable bonds is 4. The Balaban J connectivity index is 1.70. The van der Waals surface area contributed by atoms with Crippen LogP contribution in [0.5, 0.6) is 0 Å². The van der Waals surface area contributed by atoms with Gasteiger partial charge < -0.3 is 9.09 Å². The van der Waals surface area contributed by atoms with Crippen LogP contribution in [-0.2, 0) is 6.54 Å². The molecular formula is C18H12FN5O2. The second kappa shape index (κ2) is 6.67. The molecule has 0 spiro atoms. The van der Waals surface area contributed by atoms with Crippen molar-refractivity contribution in [1.29, 1.82) is 0 Å². The number of hydrogen-bond acceptors (Lipinski definition) is 6. The van der Waals surface area contributed by atoms with Crippen molar-refractivity contribution in [1.82, 2.24) is 24.7 Å². The highest BCUT2D eigenvalue weighted by molar-refractivity contribution is 5.55. The van der Waals surface area contributed by atoms with Gasteiger partial charge in [0.1, 0.15) is 17.1 Å². The summed E-state index contributed by atoms with van der Waals surface area (Å²) in [5, 5.41) is 3.83. The molecule has 128 valence electrons. The lowest BCUT2D eigenvalue weighted by molar-refractivity contribution is 0.431. The molecule has 7 nitrogen and oxygen atoms in total. The molecule has 0 saturated carbocycles. The molecular weight excluding hydrogens is 337 g/mol. The Morgan fingerprint density at radius 2 is 2.00 bits per heavy atom. The fourth-order valence-electron chi connectivity index (χ4n) is 2.49. The first-order valence-corrected chi connectivity index (χ1v) is 7.76. The fraction of sp³-hybridized carbons (Fsp3) is 0.0556. The fourth-order valence-corrected chi connectivity index (χ4v) is 2.49. The van der Waals surface area contributed by atoms with Gasteiger partial charge in [-0.1, -0.05) is 23.4 Å². The summed E-state index contributed by atoms with van der Waals surface area (Å²) in [6.07, 6.45) is 6.12. The van der Waals surface area contributed by atoms with E-state index in [4.69, 9.17) is 4.52 Å². The van der Waals surface area contributed by atoms with Gasteiger partial charge >= 0.3 is 0 Å². The van der Waals surface area contributed by atoms with Crippen LogP contribution in [-0.4, -0.2) is 24.7 Å². The third-order valence-electron chi connectivity index (χ3n) is 3.77. The van der Waals surface area contributed by atoms with Gasteiger partial charge in [-0.25, -0.2) is 9.37 Å². The maximum Gasteiger partial charge on any atom is 0.263 e. The molecule has 0 aliphatic rings. The van der Waals surface area contributed by atoms with Crippen molar-refractivity contribution in [3.63, 3.8) is 0 Å². The van der Waals surface area contributed by atoms with Gasteiger partial charge in [-0.05, 0) is 18.2 Å². The minimum absolute atomic E-state index is 0.0681. The Bertz CT molecular complexity index is 1110. The predicted octanol–water partition coefficient (Wildman–Crippen LogP) is 2.54. The minimum atomic E-state index is -0.368. The van der Waals surface area contributed by atoms with E-state index in [-0.39, 0.29) is 35.2 Å². The highest BCUT2D eigenvalue weighted by atomic mass is 19.1. The molecule has 0 fully saturated rings. The van der Waals surface area contributed by atoms with Gasteiger partial charge in [0, 0.05) is 24.2 Å². The van der Waals surface area contributed by atoms with E-state index in [2.05, 4.69) is 20.1 Å². The lowest BCUT2D eigenvalue weighted by Crippen LogP contribution is -2.21. The summed E-state index contributed by atoms with van der Waals surface area (Å²) in [6.45, 7) is 0.102. The highest BCUT2D eigenvalue weighted by Crippen LogP contribution is 2.18. The Kier molecular flexibility index (Phi) is 4.06. The van der Waals surface area contributed by atoms with E-state index in [9.17, 15) is 9.18 Å². The first-order chi connectivity index (χ1) is 12.7. The van der Waals surface area contributed by atoms with Gasteiger partial charge in [0.25, 0.3) is 11.4 Å². The predicted molar refractivity (Wildman–Crippen MR) is 90.5 cm³/mol. The molecule has 0 aliphatic carbocycles. The quantitative estimate of drug-likeness (QED) is 0.563. The van der Waals surface area contributed by atoms with E-state index < -0.39 is 0 Å². The lowest BCUT2D eigenvalue weighted by Gasteiger charge is -2.07. The molecule has 4 rings (SSSR count). The molecule has 0 atom stereocenters. The van der Waals surface area contributed by atoms with Crippen LogP contribution < -0.4 is 5.56 Å². The van der Waals surface area contributed by atoms with E-state index in [1.54, 1.807) is 36.5 Å². The number of nitrogens with zero attached hydrogens (tertiary/aromatic N) is 5. The van der Waals surface area contributed by atoms with Crippen LogP contribution in [0, 0.1) is 5.82 Å². The van der Waals surface area contributed by atoms with Crippen LogP contribution in [0.15, 0.2) is 70.5 Å². The van der Waals surface area contributed by atoms with Crippen LogP contribution in [0.25, 0.3) is 23.0 Å². The van der Waals surface area contributed by atoms with Gasteiger partial charge in [-0.3, -0.25) is 9.78 Å². The van der Waals surface area contributed by atoms with Gasteiger partial charge in [-0.2, -0.15) is 4.98 Å². The Hall–Kier alpha value is -3.68. The van der Waals surface area contributed by atoms with Gasteiger partial charge in [0.05, 0.1) is 12.7 Å². The number of halogens is 1. The van der Waals surface area contributed by atoms with Crippen LogP contribution in [0.2, 0.25) is 0 Å². The average molecular weight is 349 g/mol. The molecule has 4 aromatic rings. The van der Waals surface area contributed by atoms with E-state index in [0.29, 0.717) is 11.3 Å². The largest absolute Gasteiger partial charge is 0.333 e. The third kappa shape index (κ3) is 3.00. The summed E-state index contributed by atoms with van der Waals surface area (Å²) >= 11 is 0. The summed E-state index contributed by atoms with van der Waals surface area (Å²) < 4.78 is 20.4. The lowest BCUT2D eigenvalue weighted by atomic mass is 10.2. The zero-order valence-electron chi connectivity index (χ0n) is 13.4. The number of benzene rings is 1. The standard InChI is InChI=1S/C18H12FN5O2/c19-14-6-2-1-4-12(14)11-24-9-3-5-13(18(24)25)17-22-16(23-26-17)15-10-20-7-8-21-15/h1-10H,11H2.